The second-order valence-corrected chi connectivity index (χ2v) is 6.05. The van der Waals surface area contributed by atoms with Gasteiger partial charge in [0.15, 0.2) is 0 Å². The predicted molar refractivity (Wildman–Crippen MR) is 91.5 cm³/mol. The highest BCUT2D eigenvalue weighted by atomic mass is 32.1. The number of nitrogens with zero attached hydrogens (tertiary/aromatic N) is 2. The Balaban J connectivity index is 1.71. The van der Waals surface area contributed by atoms with Crippen molar-refractivity contribution in [3.8, 4) is 10.6 Å². The molecule has 23 heavy (non-hydrogen) atoms. The molecule has 3 aromatic rings. The zero-order valence-corrected chi connectivity index (χ0v) is 13.7. The highest BCUT2D eigenvalue weighted by Crippen LogP contribution is 2.25. The molecule has 1 aromatic carbocycles. The van der Waals surface area contributed by atoms with Crippen LogP contribution in [0.3, 0.4) is 0 Å². The first kappa shape index (κ1) is 15.3. The maximum absolute atomic E-state index is 12.4. The van der Waals surface area contributed by atoms with Gasteiger partial charge in [0, 0.05) is 29.9 Å². The minimum absolute atomic E-state index is 0.146. The summed E-state index contributed by atoms with van der Waals surface area (Å²) in [4.78, 5) is 18.3. The van der Waals surface area contributed by atoms with E-state index in [2.05, 4.69) is 10.3 Å². The van der Waals surface area contributed by atoms with E-state index in [4.69, 9.17) is 4.42 Å². The van der Waals surface area contributed by atoms with Crippen LogP contribution in [0.25, 0.3) is 10.6 Å². The van der Waals surface area contributed by atoms with Crippen LogP contribution in [0, 0.1) is 0 Å². The summed E-state index contributed by atoms with van der Waals surface area (Å²) in [5.41, 5.74) is 1.72. The molecule has 6 heteroatoms. The first-order chi connectivity index (χ1) is 11.1. The number of amides is 2. The van der Waals surface area contributed by atoms with Gasteiger partial charge in [-0.1, -0.05) is 12.1 Å². The summed E-state index contributed by atoms with van der Waals surface area (Å²) in [5.74, 6) is 0.749. The van der Waals surface area contributed by atoms with Gasteiger partial charge in [0.1, 0.15) is 10.8 Å². The lowest BCUT2D eigenvalue weighted by atomic mass is 10.2. The quantitative estimate of drug-likeness (QED) is 0.760. The number of carbonyl (C=O) groups excluding carboxylic acids is 1. The van der Waals surface area contributed by atoms with Gasteiger partial charge >= 0.3 is 6.03 Å². The van der Waals surface area contributed by atoms with E-state index in [9.17, 15) is 4.79 Å². The molecule has 0 bridgehead atoms. The molecular weight excluding hydrogens is 310 g/mol. The fourth-order valence-electron chi connectivity index (χ4n) is 2.20. The third-order valence-electron chi connectivity index (χ3n) is 3.65. The van der Waals surface area contributed by atoms with E-state index in [1.807, 2.05) is 48.7 Å². The van der Waals surface area contributed by atoms with Crippen LogP contribution in [0.4, 0.5) is 10.5 Å². The van der Waals surface area contributed by atoms with E-state index >= 15 is 0 Å². The highest BCUT2D eigenvalue weighted by Gasteiger charge is 2.19. The standard InChI is InChI=1S/C17H17N3O2S/c1-12(15-7-4-9-22-15)20(2)17(21)19-14-6-3-5-13(11-14)16-18-8-10-23-16/h3-12H,1-2H3,(H,19,21). The molecule has 2 heterocycles. The predicted octanol–water partition coefficient (Wildman–Crippen LogP) is 4.63. The third kappa shape index (κ3) is 3.43. The molecule has 0 saturated carbocycles. The van der Waals surface area contributed by atoms with Crippen LogP contribution in [-0.4, -0.2) is 23.0 Å². The van der Waals surface area contributed by atoms with Crippen LogP contribution in [0.5, 0.6) is 0 Å². The maximum Gasteiger partial charge on any atom is 0.322 e. The molecule has 0 spiro atoms. The lowest BCUT2D eigenvalue weighted by molar-refractivity contribution is 0.201. The lowest BCUT2D eigenvalue weighted by Gasteiger charge is -2.23. The Labute approximate surface area is 138 Å². The Hall–Kier alpha value is -2.60. The molecule has 0 aliphatic heterocycles. The average molecular weight is 327 g/mol. The van der Waals surface area contributed by atoms with E-state index in [0.29, 0.717) is 0 Å². The zero-order chi connectivity index (χ0) is 16.2. The molecule has 0 aliphatic rings. The number of urea groups is 1. The van der Waals surface area contributed by atoms with Crippen LogP contribution >= 0.6 is 11.3 Å². The van der Waals surface area contributed by atoms with E-state index in [1.165, 1.54) is 0 Å². The molecule has 0 fully saturated rings. The summed E-state index contributed by atoms with van der Waals surface area (Å²) < 4.78 is 5.36. The Kier molecular flexibility index (Phi) is 4.43. The monoisotopic (exact) mass is 327 g/mol. The van der Waals surface area contributed by atoms with Crippen molar-refractivity contribution in [2.75, 3.05) is 12.4 Å². The van der Waals surface area contributed by atoms with Gasteiger partial charge in [0.25, 0.3) is 0 Å². The third-order valence-corrected chi connectivity index (χ3v) is 4.47. The average Bonchev–Trinajstić information content (AvgIpc) is 3.26. The zero-order valence-electron chi connectivity index (χ0n) is 12.9. The van der Waals surface area contributed by atoms with Gasteiger partial charge in [0.05, 0.1) is 12.3 Å². The molecule has 2 aromatic heterocycles. The molecule has 1 atom stereocenters. The van der Waals surface area contributed by atoms with E-state index in [0.717, 1.165) is 22.0 Å². The fourth-order valence-corrected chi connectivity index (χ4v) is 2.84. The summed E-state index contributed by atoms with van der Waals surface area (Å²) in [7, 11) is 1.74. The van der Waals surface area contributed by atoms with Crippen molar-refractivity contribution in [3.63, 3.8) is 0 Å². The van der Waals surface area contributed by atoms with Crippen LogP contribution in [0.2, 0.25) is 0 Å². The number of aromatic nitrogens is 1. The molecule has 5 nitrogen and oxygen atoms in total. The van der Waals surface area contributed by atoms with Gasteiger partial charge in [-0.3, -0.25) is 0 Å². The minimum Gasteiger partial charge on any atom is -0.467 e. The van der Waals surface area contributed by atoms with Gasteiger partial charge < -0.3 is 14.6 Å². The molecule has 0 aliphatic carbocycles. The Bertz CT molecular complexity index is 769. The number of benzene rings is 1. The van der Waals surface area contributed by atoms with Crippen molar-refractivity contribution in [2.24, 2.45) is 0 Å². The number of hydrogen-bond acceptors (Lipinski definition) is 4. The van der Waals surface area contributed by atoms with Gasteiger partial charge in [-0.05, 0) is 31.2 Å². The number of nitrogens with one attached hydrogen (secondary N) is 1. The van der Waals surface area contributed by atoms with Crippen molar-refractivity contribution < 1.29 is 9.21 Å². The number of furan rings is 1. The van der Waals surface area contributed by atoms with Gasteiger partial charge in [-0.2, -0.15) is 0 Å². The number of rotatable bonds is 4. The molecule has 3 rings (SSSR count). The van der Waals surface area contributed by atoms with Crippen LogP contribution in [0.15, 0.2) is 58.7 Å². The van der Waals surface area contributed by atoms with E-state index in [1.54, 1.807) is 35.7 Å². The Morgan fingerprint density at radius 2 is 2.22 bits per heavy atom. The van der Waals surface area contributed by atoms with E-state index < -0.39 is 0 Å². The smallest absolute Gasteiger partial charge is 0.322 e. The SMILES string of the molecule is CC(c1ccco1)N(C)C(=O)Nc1cccc(-c2nccs2)c1. The first-order valence-electron chi connectivity index (χ1n) is 7.22. The molecule has 0 radical (unpaired) electrons. The maximum atomic E-state index is 12.4. The number of hydrogen-bond donors (Lipinski definition) is 1. The minimum atomic E-state index is -0.190. The summed E-state index contributed by atoms with van der Waals surface area (Å²) in [6.07, 6.45) is 3.37. The second-order valence-electron chi connectivity index (χ2n) is 5.15. The molecule has 118 valence electrons. The molecule has 1 unspecified atom stereocenters. The summed E-state index contributed by atoms with van der Waals surface area (Å²) in [6, 6.07) is 11.0. The number of anilines is 1. The Morgan fingerprint density at radius 3 is 2.91 bits per heavy atom. The van der Waals surface area contributed by atoms with Crippen LogP contribution in [-0.2, 0) is 0 Å². The van der Waals surface area contributed by atoms with Crippen molar-refractivity contribution in [3.05, 3.63) is 60.0 Å². The largest absolute Gasteiger partial charge is 0.467 e. The normalized spacial score (nSPS) is 11.9. The molecule has 1 N–H and O–H groups in total. The highest BCUT2D eigenvalue weighted by molar-refractivity contribution is 7.13. The topological polar surface area (TPSA) is 58.4 Å². The van der Waals surface area contributed by atoms with Crippen molar-refractivity contribution >= 4 is 23.1 Å². The van der Waals surface area contributed by atoms with Gasteiger partial charge in [-0.25, -0.2) is 9.78 Å². The van der Waals surface area contributed by atoms with Crippen molar-refractivity contribution in [1.82, 2.24) is 9.88 Å². The summed E-state index contributed by atoms with van der Waals surface area (Å²) >= 11 is 1.57. The van der Waals surface area contributed by atoms with Gasteiger partial charge in [0.2, 0.25) is 0 Å². The Morgan fingerprint density at radius 1 is 1.35 bits per heavy atom. The number of carbonyl (C=O) groups is 1. The van der Waals surface area contributed by atoms with Crippen molar-refractivity contribution in [2.45, 2.75) is 13.0 Å². The summed E-state index contributed by atoms with van der Waals surface area (Å²) in [5, 5.41) is 5.77. The van der Waals surface area contributed by atoms with Crippen LogP contribution in [0.1, 0.15) is 18.7 Å². The van der Waals surface area contributed by atoms with E-state index in [-0.39, 0.29) is 12.1 Å². The lowest BCUT2D eigenvalue weighted by Crippen LogP contribution is -2.33. The second kappa shape index (κ2) is 6.66. The molecule has 0 saturated heterocycles. The summed E-state index contributed by atoms with van der Waals surface area (Å²) in [6.45, 7) is 1.92. The van der Waals surface area contributed by atoms with Crippen LogP contribution < -0.4 is 5.32 Å². The first-order valence-corrected chi connectivity index (χ1v) is 8.10. The van der Waals surface area contributed by atoms with Crippen molar-refractivity contribution in [1.29, 1.82) is 0 Å². The molecule has 2 amide bonds. The fraction of sp³-hybridized carbons (Fsp3) is 0.176. The number of thiazole rings is 1. The molecular formula is C17H17N3O2S. The van der Waals surface area contributed by atoms with Gasteiger partial charge in [-0.15, -0.1) is 11.3 Å².